The van der Waals surface area contributed by atoms with E-state index in [-0.39, 0.29) is 6.42 Å². The Morgan fingerprint density at radius 1 is 1.60 bits per heavy atom. The van der Waals surface area contributed by atoms with Gasteiger partial charge < -0.3 is 21.7 Å². The minimum atomic E-state index is -0.956. The van der Waals surface area contributed by atoms with Crippen molar-refractivity contribution in [1.82, 2.24) is 0 Å². The first kappa shape index (κ1) is 9.35. The van der Waals surface area contributed by atoms with E-state index in [2.05, 4.69) is 0 Å². The highest BCUT2D eigenvalue weighted by molar-refractivity contribution is 5.79. The van der Waals surface area contributed by atoms with E-state index in [4.69, 9.17) is 21.7 Å². The molecule has 0 fully saturated rings. The van der Waals surface area contributed by atoms with Crippen molar-refractivity contribution in [3.8, 4) is 0 Å². The Bertz CT molecular complexity index is 117. The van der Waals surface area contributed by atoms with E-state index >= 15 is 0 Å². The molecule has 0 aromatic heterocycles. The van der Waals surface area contributed by atoms with Crippen molar-refractivity contribution in [1.29, 1.82) is 0 Å². The summed E-state index contributed by atoms with van der Waals surface area (Å²) in [5, 5.41) is 17.0. The topological polar surface area (TPSA) is 110 Å². The second-order valence-electron chi connectivity index (χ2n) is 2.08. The van der Waals surface area contributed by atoms with E-state index in [0.717, 1.165) is 0 Å². The Hall–Kier alpha value is -0.650. The predicted octanol–water partition coefficient (Wildman–Crippen LogP) is -2.46. The molecule has 0 aliphatic heterocycles. The van der Waals surface area contributed by atoms with Crippen molar-refractivity contribution in [3.05, 3.63) is 0 Å². The minimum Gasteiger partial charge on any atom is -0.394 e. The number of carbonyl (C=O) groups excluding carboxylic acids is 1. The van der Waals surface area contributed by atoms with Gasteiger partial charge in [-0.1, -0.05) is 0 Å². The summed E-state index contributed by atoms with van der Waals surface area (Å²) in [4.78, 5) is 10.3. The van der Waals surface area contributed by atoms with Gasteiger partial charge in [-0.2, -0.15) is 0 Å². The number of nitrogens with two attached hydrogens (primary N) is 2. The van der Waals surface area contributed by atoms with Crippen LogP contribution in [0, 0.1) is 0 Å². The van der Waals surface area contributed by atoms with E-state index in [0.29, 0.717) is 0 Å². The lowest BCUT2D eigenvalue weighted by molar-refractivity contribution is -0.120. The molecule has 6 N–H and O–H groups in total. The fourth-order valence-corrected chi connectivity index (χ4v) is 0.484. The summed E-state index contributed by atoms with van der Waals surface area (Å²) in [6.45, 7) is -0.402. The quantitative estimate of drug-likeness (QED) is 0.354. The number of amides is 1. The molecule has 0 aliphatic carbocycles. The molecule has 0 heterocycles. The monoisotopic (exact) mass is 148 g/mol. The van der Waals surface area contributed by atoms with Crippen LogP contribution in [0.1, 0.15) is 6.42 Å². The van der Waals surface area contributed by atoms with Gasteiger partial charge in [0, 0.05) is 0 Å². The zero-order valence-electron chi connectivity index (χ0n) is 5.53. The smallest absolute Gasteiger partial charge is 0.234 e. The molecular weight excluding hydrogens is 136 g/mol. The summed E-state index contributed by atoms with van der Waals surface area (Å²) in [5.74, 6) is -0.674. The van der Waals surface area contributed by atoms with Gasteiger partial charge in [0.05, 0.1) is 18.8 Å². The number of hydrogen-bond donors (Lipinski definition) is 4. The van der Waals surface area contributed by atoms with Gasteiger partial charge in [0.2, 0.25) is 5.91 Å². The standard InChI is InChI=1S/C5H12N2O3/c6-4(5(7)10)1-3(9)2-8/h3-4,8-9H,1-2,6H2,(H2,7,10). The second kappa shape index (κ2) is 4.21. The average Bonchev–Trinajstić information content (AvgIpc) is 1.87. The van der Waals surface area contributed by atoms with Gasteiger partial charge in [-0.25, -0.2) is 0 Å². The van der Waals surface area contributed by atoms with Gasteiger partial charge in [-0.3, -0.25) is 4.79 Å². The molecule has 0 aliphatic rings. The van der Waals surface area contributed by atoms with Crippen molar-refractivity contribution >= 4 is 5.91 Å². The normalized spacial score (nSPS) is 16.3. The highest BCUT2D eigenvalue weighted by Crippen LogP contribution is 1.93. The summed E-state index contributed by atoms with van der Waals surface area (Å²) < 4.78 is 0. The van der Waals surface area contributed by atoms with Gasteiger partial charge in [0.25, 0.3) is 0 Å². The number of carbonyl (C=O) groups is 1. The summed E-state index contributed by atoms with van der Waals surface area (Å²) in [6, 6.07) is -0.873. The van der Waals surface area contributed by atoms with E-state index in [1.54, 1.807) is 0 Å². The van der Waals surface area contributed by atoms with Crippen LogP contribution < -0.4 is 11.5 Å². The minimum absolute atomic E-state index is 0.00579. The Morgan fingerprint density at radius 3 is 2.40 bits per heavy atom. The number of aliphatic hydroxyl groups excluding tert-OH is 2. The third-order valence-corrected chi connectivity index (χ3v) is 1.10. The van der Waals surface area contributed by atoms with Gasteiger partial charge in [0.1, 0.15) is 0 Å². The van der Waals surface area contributed by atoms with Crippen LogP contribution in [-0.2, 0) is 4.79 Å². The van der Waals surface area contributed by atoms with Crippen LogP contribution in [-0.4, -0.2) is 34.9 Å². The molecular formula is C5H12N2O3. The highest BCUT2D eigenvalue weighted by atomic mass is 16.3. The van der Waals surface area contributed by atoms with Crippen molar-refractivity contribution in [2.24, 2.45) is 11.5 Å². The maximum absolute atomic E-state index is 10.3. The molecule has 0 spiro atoms. The van der Waals surface area contributed by atoms with Crippen molar-refractivity contribution in [3.63, 3.8) is 0 Å². The van der Waals surface area contributed by atoms with Crippen molar-refractivity contribution < 1.29 is 15.0 Å². The SMILES string of the molecule is NC(=O)C(N)CC(O)CO. The van der Waals surface area contributed by atoms with Crippen LogP contribution in [0.4, 0.5) is 0 Å². The third-order valence-electron chi connectivity index (χ3n) is 1.10. The Morgan fingerprint density at radius 2 is 2.10 bits per heavy atom. The van der Waals surface area contributed by atoms with Crippen LogP contribution in [0.5, 0.6) is 0 Å². The molecule has 5 nitrogen and oxygen atoms in total. The van der Waals surface area contributed by atoms with Crippen molar-refractivity contribution in [2.75, 3.05) is 6.61 Å². The summed E-state index contributed by atoms with van der Waals surface area (Å²) in [5.41, 5.74) is 9.93. The largest absolute Gasteiger partial charge is 0.394 e. The fourth-order valence-electron chi connectivity index (χ4n) is 0.484. The molecule has 0 rings (SSSR count). The van der Waals surface area contributed by atoms with Crippen LogP contribution >= 0.6 is 0 Å². The van der Waals surface area contributed by atoms with E-state index < -0.39 is 24.7 Å². The van der Waals surface area contributed by atoms with Crippen LogP contribution in [0.2, 0.25) is 0 Å². The molecule has 2 unspecified atom stereocenters. The van der Waals surface area contributed by atoms with E-state index in [1.807, 2.05) is 0 Å². The van der Waals surface area contributed by atoms with Crippen LogP contribution in [0.3, 0.4) is 0 Å². The van der Waals surface area contributed by atoms with Gasteiger partial charge in [-0.15, -0.1) is 0 Å². The average molecular weight is 148 g/mol. The molecule has 5 heteroatoms. The number of aliphatic hydroxyl groups is 2. The van der Waals surface area contributed by atoms with Crippen LogP contribution in [0.25, 0.3) is 0 Å². The van der Waals surface area contributed by atoms with Gasteiger partial charge >= 0.3 is 0 Å². The second-order valence-corrected chi connectivity index (χ2v) is 2.08. The fraction of sp³-hybridized carbons (Fsp3) is 0.800. The highest BCUT2D eigenvalue weighted by Gasteiger charge is 2.13. The van der Waals surface area contributed by atoms with Gasteiger partial charge in [0.15, 0.2) is 0 Å². The molecule has 2 atom stereocenters. The zero-order chi connectivity index (χ0) is 8.15. The van der Waals surface area contributed by atoms with Gasteiger partial charge in [-0.05, 0) is 6.42 Å². The maximum atomic E-state index is 10.3. The Kier molecular flexibility index (Phi) is 3.94. The lowest BCUT2D eigenvalue weighted by Gasteiger charge is -2.10. The van der Waals surface area contributed by atoms with Crippen molar-refractivity contribution in [2.45, 2.75) is 18.6 Å². The first-order valence-corrected chi connectivity index (χ1v) is 2.91. The molecule has 0 saturated heterocycles. The Labute approximate surface area is 58.6 Å². The third kappa shape index (κ3) is 3.39. The summed E-state index contributed by atoms with van der Waals surface area (Å²) in [6.07, 6.45) is -0.950. The zero-order valence-corrected chi connectivity index (χ0v) is 5.53. The first-order valence-electron chi connectivity index (χ1n) is 2.91. The lowest BCUT2D eigenvalue weighted by Crippen LogP contribution is -2.39. The predicted molar refractivity (Wildman–Crippen MR) is 34.9 cm³/mol. The van der Waals surface area contributed by atoms with Crippen LogP contribution in [0.15, 0.2) is 0 Å². The molecule has 0 saturated carbocycles. The molecule has 0 bridgehead atoms. The number of primary amides is 1. The summed E-state index contributed by atoms with van der Waals surface area (Å²) >= 11 is 0. The lowest BCUT2D eigenvalue weighted by atomic mass is 10.1. The summed E-state index contributed by atoms with van der Waals surface area (Å²) in [7, 11) is 0. The molecule has 0 aromatic carbocycles. The molecule has 1 amide bonds. The van der Waals surface area contributed by atoms with E-state index in [9.17, 15) is 4.79 Å². The molecule has 60 valence electrons. The number of rotatable bonds is 4. The van der Waals surface area contributed by atoms with E-state index in [1.165, 1.54) is 0 Å². The number of hydrogen-bond acceptors (Lipinski definition) is 4. The molecule has 0 radical (unpaired) electrons. The molecule has 0 aromatic rings. The maximum Gasteiger partial charge on any atom is 0.234 e. The Balaban J connectivity index is 3.56. The molecule has 10 heavy (non-hydrogen) atoms. The first-order chi connectivity index (χ1) is 4.57.